The zero-order chi connectivity index (χ0) is 18.4. The molecule has 0 radical (unpaired) electrons. The molecule has 0 aliphatic carbocycles. The standard InChI is InChI=1S/C16H15F3N4O2/c17-16(18,19)25-13-7-5-12(6-8-13)23-15(21)22-9-10-1-3-11(4-2-10)14(20)24/h1-8H,9H2,(H2,20,24)(H3,21,22,23). The van der Waals surface area contributed by atoms with Crippen molar-refractivity contribution >= 4 is 17.6 Å². The molecule has 2 rings (SSSR count). The van der Waals surface area contributed by atoms with Crippen LogP contribution in [0.4, 0.5) is 18.9 Å². The molecule has 0 bridgehead atoms. The number of primary amides is 1. The Hall–Kier alpha value is -3.23. The number of amides is 1. The van der Waals surface area contributed by atoms with Crippen molar-refractivity contribution in [1.29, 1.82) is 0 Å². The molecule has 25 heavy (non-hydrogen) atoms. The molecule has 9 heteroatoms. The highest BCUT2D eigenvalue weighted by molar-refractivity contribution is 5.93. The fraction of sp³-hybridized carbons (Fsp3) is 0.125. The third kappa shape index (κ3) is 6.05. The first kappa shape index (κ1) is 18.1. The van der Waals surface area contributed by atoms with Gasteiger partial charge < -0.3 is 21.5 Å². The van der Waals surface area contributed by atoms with E-state index in [0.717, 1.165) is 17.7 Å². The van der Waals surface area contributed by atoms with Crippen molar-refractivity contribution in [1.82, 2.24) is 0 Å². The predicted octanol–water partition coefficient (Wildman–Crippen LogP) is 2.61. The third-order valence-electron chi connectivity index (χ3n) is 3.03. The van der Waals surface area contributed by atoms with E-state index in [4.69, 9.17) is 11.5 Å². The summed E-state index contributed by atoms with van der Waals surface area (Å²) in [6.45, 7) is 0.257. The van der Waals surface area contributed by atoms with E-state index in [1.54, 1.807) is 24.3 Å². The number of rotatable bonds is 5. The second-order valence-electron chi connectivity index (χ2n) is 4.96. The number of guanidine groups is 1. The molecule has 0 atom stereocenters. The predicted molar refractivity (Wildman–Crippen MR) is 87.0 cm³/mol. The van der Waals surface area contributed by atoms with Crippen LogP contribution in [-0.4, -0.2) is 18.2 Å². The van der Waals surface area contributed by atoms with Crippen LogP contribution in [0.1, 0.15) is 15.9 Å². The van der Waals surface area contributed by atoms with Gasteiger partial charge in [0.05, 0.1) is 6.54 Å². The summed E-state index contributed by atoms with van der Waals surface area (Å²) < 4.78 is 40.0. The second kappa shape index (κ2) is 7.56. The number of anilines is 1. The van der Waals surface area contributed by atoms with Crippen molar-refractivity contribution in [2.45, 2.75) is 12.9 Å². The molecule has 132 valence electrons. The molecule has 2 aromatic carbocycles. The summed E-state index contributed by atoms with van der Waals surface area (Å²) in [5.41, 5.74) is 12.5. The van der Waals surface area contributed by atoms with Crippen molar-refractivity contribution in [2.24, 2.45) is 16.5 Å². The Morgan fingerprint density at radius 2 is 1.64 bits per heavy atom. The largest absolute Gasteiger partial charge is 0.573 e. The van der Waals surface area contributed by atoms with Crippen LogP contribution in [0.3, 0.4) is 0 Å². The third-order valence-corrected chi connectivity index (χ3v) is 3.03. The zero-order valence-corrected chi connectivity index (χ0v) is 12.9. The lowest BCUT2D eigenvalue weighted by molar-refractivity contribution is -0.274. The highest BCUT2D eigenvalue weighted by Gasteiger charge is 2.30. The summed E-state index contributed by atoms with van der Waals surface area (Å²) in [6.07, 6.45) is -4.74. The lowest BCUT2D eigenvalue weighted by Gasteiger charge is -2.10. The summed E-state index contributed by atoms with van der Waals surface area (Å²) in [7, 11) is 0. The maximum atomic E-state index is 12.1. The van der Waals surface area contributed by atoms with Crippen molar-refractivity contribution in [3.63, 3.8) is 0 Å². The smallest absolute Gasteiger partial charge is 0.406 e. The lowest BCUT2D eigenvalue weighted by atomic mass is 10.1. The molecule has 0 aromatic heterocycles. The Morgan fingerprint density at radius 3 is 2.16 bits per heavy atom. The molecule has 0 spiro atoms. The van der Waals surface area contributed by atoms with Gasteiger partial charge in [0.15, 0.2) is 5.96 Å². The van der Waals surface area contributed by atoms with Crippen LogP contribution in [0.15, 0.2) is 53.5 Å². The number of nitrogens with two attached hydrogens (primary N) is 2. The normalized spacial score (nSPS) is 11.9. The first-order valence-electron chi connectivity index (χ1n) is 7.04. The zero-order valence-electron chi connectivity index (χ0n) is 12.9. The van der Waals surface area contributed by atoms with E-state index in [-0.39, 0.29) is 18.3 Å². The summed E-state index contributed by atoms with van der Waals surface area (Å²) in [5.74, 6) is -0.763. The topological polar surface area (TPSA) is 103 Å². The van der Waals surface area contributed by atoms with Gasteiger partial charge in [-0.15, -0.1) is 13.2 Å². The van der Waals surface area contributed by atoms with Gasteiger partial charge in [-0.05, 0) is 42.0 Å². The highest BCUT2D eigenvalue weighted by Crippen LogP contribution is 2.23. The average Bonchev–Trinajstić information content (AvgIpc) is 2.54. The molecule has 0 aliphatic heterocycles. The van der Waals surface area contributed by atoms with E-state index in [1.165, 1.54) is 12.1 Å². The van der Waals surface area contributed by atoms with Crippen LogP contribution < -0.4 is 21.5 Å². The SMILES string of the molecule is NC(=O)c1ccc(CN=C(N)Nc2ccc(OC(F)(F)F)cc2)cc1. The number of carbonyl (C=O) groups is 1. The molecular weight excluding hydrogens is 337 g/mol. The number of carbonyl (C=O) groups excluding carboxylic acids is 1. The number of hydrogen-bond donors (Lipinski definition) is 3. The fourth-order valence-electron chi connectivity index (χ4n) is 1.88. The summed E-state index contributed by atoms with van der Waals surface area (Å²) in [5, 5.41) is 2.75. The molecule has 0 heterocycles. The molecule has 0 fully saturated rings. The molecule has 0 saturated carbocycles. The second-order valence-corrected chi connectivity index (χ2v) is 4.96. The Kier molecular flexibility index (Phi) is 5.48. The number of ether oxygens (including phenoxy) is 1. The molecular formula is C16H15F3N4O2. The quantitative estimate of drug-likeness (QED) is 0.568. The summed E-state index contributed by atoms with van der Waals surface area (Å²) in [6, 6.07) is 11.6. The first-order chi connectivity index (χ1) is 11.7. The van der Waals surface area contributed by atoms with Crippen LogP contribution in [0.25, 0.3) is 0 Å². The fourth-order valence-corrected chi connectivity index (χ4v) is 1.88. The van der Waals surface area contributed by atoms with Crippen molar-refractivity contribution in [3.05, 3.63) is 59.7 Å². The van der Waals surface area contributed by atoms with Gasteiger partial charge >= 0.3 is 6.36 Å². The Balaban J connectivity index is 1.93. The Bertz CT molecular complexity index is 756. The number of alkyl halides is 3. The molecule has 0 saturated heterocycles. The van der Waals surface area contributed by atoms with E-state index >= 15 is 0 Å². The molecule has 0 aliphatic rings. The van der Waals surface area contributed by atoms with E-state index in [2.05, 4.69) is 15.0 Å². The monoisotopic (exact) mass is 352 g/mol. The molecule has 5 N–H and O–H groups in total. The van der Waals surface area contributed by atoms with Crippen molar-refractivity contribution in [3.8, 4) is 5.75 Å². The number of hydrogen-bond acceptors (Lipinski definition) is 3. The highest BCUT2D eigenvalue weighted by atomic mass is 19.4. The number of halogens is 3. The minimum absolute atomic E-state index is 0.0865. The Morgan fingerprint density at radius 1 is 1.04 bits per heavy atom. The van der Waals surface area contributed by atoms with Gasteiger partial charge in [0.2, 0.25) is 5.91 Å². The molecule has 1 amide bonds. The van der Waals surface area contributed by atoms with Crippen LogP contribution in [0.2, 0.25) is 0 Å². The van der Waals surface area contributed by atoms with Gasteiger partial charge in [-0.1, -0.05) is 12.1 Å². The minimum atomic E-state index is -4.74. The van der Waals surface area contributed by atoms with E-state index < -0.39 is 12.3 Å². The van der Waals surface area contributed by atoms with E-state index in [1.807, 2.05) is 0 Å². The van der Waals surface area contributed by atoms with E-state index in [0.29, 0.717) is 11.3 Å². The Labute approximate surface area is 141 Å². The van der Waals surface area contributed by atoms with Gasteiger partial charge in [0, 0.05) is 11.3 Å². The van der Waals surface area contributed by atoms with E-state index in [9.17, 15) is 18.0 Å². The summed E-state index contributed by atoms with van der Waals surface area (Å²) in [4.78, 5) is 15.1. The van der Waals surface area contributed by atoms with Crippen LogP contribution >= 0.6 is 0 Å². The van der Waals surface area contributed by atoms with Gasteiger partial charge in [0.25, 0.3) is 0 Å². The number of nitrogens with one attached hydrogen (secondary N) is 1. The van der Waals surface area contributed by atoms with Crippen LogP contribution in [-0.2, 0) is 6.54 Å². The van der Waals surface area contributed by atoms with Crippen molar-refractivity contribution in [2.75, 3.05) is 5.32 Å². The van der Waals surface area contributed by atoms with Crippen molar-refractivity contribution < 1.29 is 22.7 Å². The first-order valence-corrected chi connectivity index (χ1v) is 7.04. The van der Waals surface area contributed by atoms with Gasteiger partial charge in [-0.2, -0.15) is 0 Å². The average molecular weight is 352 g/mol. The van der Waals surface area contributed by atoms with Crippen LogP contribution in [0.5, 0.6) is 5.75 Å². The maximum Gasteiger partial charge on any atom is 0.573 e. The molecule has 2 aromatic rings. The van der Waals surface area contributed by atoms with Crippen LogP contribution in [0, 0.1) is 0 Å². The molecule has 6 nitrogen and oxygen atoms in total. The van der Waals surface area contributed by atoms with Gasteiger partial charge in [-0.25, -0.2) is 4.99 Å². The maximum absolute atomic E-state index is 12.1. The lowest BCUT2D eigenvalue weighted by Crippen LogP contribution is -2.22. The minimum Gasteiger partial charge on any atom is -0.406 e. The van der Waals surface area contributed by atoms with Gasteiger partial charge in [0.1, 0.15) is 5.75 Å². The number of nitrogens with zero attached hydrogens (tertiary/aromatic N) is 1. The van der Waals surface area contributed by atoms with Gasteiger partial charge in [-0.3, -0.25) is 4.79 Å². The number of aliphatic imine (C=N–C) groups is 1. The molecule has 0 unspecified atom stereocenters. The number of benzene rings is 2. The summed E-state index contributed by atoms with van der Waals surface area (Å²) >= 11 is 0.